The van der Waals surface area contributed by atoms with Crippen molar-refractivity contribution in [2.45, 2.75) is 32.9 Å². The monoisotopic (exact) mass is 527 g/mol. The van der Waals surface area contributed by atoms with Gasteiger partial charge in [-0.2, -0.15) is 0 Å². The Bertz CT molecular complexity index is 1060. The van der Waals surface area contributed by atoms with Crippen LogP contribution in [-0.4, -0.2) is 50.5 Å². The number of hydrogen-bond donors (Lipinski definition) is 1. The number of halogens is 2. The van der Waals surface area contributed by atoms with Crippen molar-refractivity contribution in [2.75, 3.05) is 23.7 Å². The molecular formula is C22H27BrFN3O4S. The van der Waals surface area contributed by atoms with Crippen LogP contribution in [-0.2, 0) is 26.2 Å². The van der Waals surface area contributed by atoms with E-state index < -0.39 is 40.2 Å². The lowest BCUT2D eigenvalue weighted by Crippen LogP contribution is -2.51. The highest BCUT2D eigenvalue weighted by atomic mass is 79.9. The zero-order valence-corrected chi connectivity index (χ0v) is 20.6. The number of amides is 2. The fourth-order valence-corrected chi connectivity index (χ4v) is 4.52. The minimum Gasteiger partial charge on any atom is -0.354 e. The molecule has 0 heterocycles. The summed E-state index contributed by atoms with van der Waals surface area (Å²) in [5.74, 6) is -1.55. The number of benzene rings is 2. The Morgan fingerprint density at radius 3 is 2.34 bits per heavy atom. The predicted octanol–water partition coefficient (Wildman–Crippen LogP) is 3.30. The van der Waals surface area contributed by atoms with Crippen molar-refractivity contribution < 1.29 is 22.4 Å². The molecule has 0 aliphatic heterocycles. The van der Waals surface area contributed by atoms with Crippen molar-refractivity contribution in [2.24, 2.45) is 0 Å². The second-order valence-corrected chi connectivity index (χ2v) is 10.1. The summed E-state index contributed by atoms with van der Waals surface area (Å²) in [5.41, 5.74) is 0.514. The van der Waals surface area contributed by atoms with Gasteiger partial charge in [0.1, 0.15) is 18.4 Å². The van der Waals surface area contributed by atoms with Gasteiger partial charge in [-0.1, -0.05) is 37.3 Å². The van der Waals surface area contributed by atoms with E-state index in [1.807, 2.05) is 6.92 Å². The van der Waals surface area contributed by atoms with Crippen LogP contribution in [0.3, 0.4) is 0 Å². The molecule has 0 saturated carbocycles. The standard InChI is InChI=1S/C22H27BrFN3O4S/c1-4-13-25-22(29)16(2)26(14-17-9-5-7-11-19(17)24)21(28)15-27(32(3,30)31)20-12-8-6-10-18(20)23/h5-12,16H,4,13-15H2,1-3H3,(H,25,29)/t16-/m0/s1. The summed E-state index contributed by atoms with van der Waals surface area (Å²) < 4.78 is 40.7. The highest BCUT2D eigenvalue weighted by Crippen LogP contribution is 2.28. The Hall–Kier alpha value is -2.46. The molecule has 2 amide bonds. The molecule has 0 spiro atoms. The van der Waals surface area contributed by atoms with Gasteiger partial charge in [0.05, 0.1) is 11.9 Å². The van der Waals surface area contributed by atoms with Crippen molar-refractivity contribution >= 4 is 43.5 Å². The predicted molar refractivity (Wildman–Crippen MR) is 126 cm³/mol. The number of para-hydroxylation sites is 1. The molecule has 174 valence electrons. The molecule has 0 bridgehead atoms. The maximum Gasteiger partial charge on any atom is 0.244 e. The lowest BCUT2D eigenvalue weighted by molar-refractivity contribution is -0.139. The first-order chi connectivity index (χ1) is 15.1. The van der Waals surface area contributed by atoms with Crippen molar-refractivity contribution in [3.63, 3.8) is 0 Å². The summed E-state index contributed by atoms with van der Waals surface area (Å²) >= 11 is 3.32. The molecule has 7 nitrogen and oxygen atoms in total. The molecule has 0 aliphatic carbocycles. The number of nitrogens with zero attached hydrogens (tertiary/aromatic N) is 2. The van der Waals surface area contributed by atoms with Gasteiger partial charge in [-0.05, 0) is 47.5 Å². The third-order valence-corrected chi connectivity index (χ3v) is 6.61. The van der Waals surface area contributed by atoms with Gasteiger partial charge < -0.3 is 10.2 Å². The van der Waals surface area contributed by atoms with Crippen LogP contribution in [0.4, 0.5) is 10.1 Å². The molecule has 32 heavy (non-hydrogen) atoms. The van der Waals surface area contributed by atoms with E-state index in [9.17, 15) is 22.4 Å². The van der Waals surface area contributed by atoms with Crippen LogP contribution in [0.1, 0.15) is 25.8 Å². The molecule has 0 unspecified atom stereocenters. The SMILES string of the molecule is CCCNC(=O)[C@H](C)N(Cc1ccccc1F)C(=O)CN(c1ccccc1Br)S(C)(=O)=O. The van der Waals surface area contributed by atoms with Crippen LogP contribution < -0.4 is 9.62 Å². The third kappa shape index (κ3) is 6.77. The number of sulfonamides is 1. The molecule has 10 heteroatoms. The van der Waals surface area contributed by atoms with Gasteiger partial charge in [0, 0.05) is 23.1 Å². The largest absolute Gasteiger partial charge is 0.354 e. The fraction of sp³-hybridized carbons (Fsp3) is 0.364. The lowest BCUT2D eigenvalue weighted by atomic mass is 10.1. The summed E-state index contributed by atoms with van der Waals surface area (Å²) in [6.45, 7) is 3.14. The Labute approximate surface area is 196 Å². The van der Waals surface area contributed by atoms with Crippen LogP contribution in [0.5, 0.6) is 0 Å². The maximum atomic E-state index is 14.3. The molecule has 2 aromatic carbocycles. The minimum absolute atomic E-state index is 0.181. The van der Waals surface area contributed by atoms with E-state index in [0.717, 1.165) is 10.6 Å². The number of hydrogen-bond acceptors (Lipinski definition) is 4. The Morgan fingerprint density at radius 2 is 1.75 bits per heavy atom. The van der Waals surface area contributed by atoms with Crippen LogP contribution in [0, 0.1) is 5.82 Å². The first-order valence-electron chi connectivity index (χ1n) is 10.1. The van der Waals surface area contributed by atoms with E-state index in [4.69, 9.17) is 0 Å². The molecule has 1 atom stereocenters. The van der Waals surface area contributed by atoms with E-state index >= 15 is 0 Å². The zero-order chi connectivity index (χ0) is 23.9. The molecule has 0 aliphatic rings. The molecule has 1 N–H and O–H groups in total. The van der Waals surface area contributed by atoms with E-state index in [0.29, 0.717) is 17.4 Å². The quantitative estimate of drug-likeness (QED) is 0.513. The first kappa shape index (κ1) is 25.8. The second-order valence-electron chi connectivity index (χ2n) is 7.30. The number of nitrogens with one attached hydrogen (secondary N) is 1. The van der Waals surface area contributed by atoms with Crippen LogP contribution in [0.2, 0.25) is 0 Å². The molecule has 0 aromatic heterocycles. The minimum atomic E-state index is -3.83. The highest BCUT2D eigenvalue weighted by molar-refractivity contribution is 9.10. The van der Waals surface area contributed by atoms with Gasteiger partial charge in [0.2, 0.25) is 21.8 Å². The maximum absolute atomic E-state index is 14.3. The summed E-state index contributed by atoms with van der Waals surface area (Å²) in [7, 11) is -3.83. The zero-order valence-electron chi connectivity index (χ0n) is 18.2. The first-order valence-corrected chi connectivity index (χ1v) is 12.7. The summed E-state index contributed by atoms with van der Waals surface area (Å²) in [6.07, 6.45) is 1.71. The van der Waals surface area contributed by atoms with Crippen LogP contribution >= 0.6 is 15.9 Å². The third-order valence-electron chi connectivity index (χ3n) is 4.82. The molecular weight excluding hydrogens is 501 g/mol. The fourth-order valence-electron chi connectivity index (χ4n) is 3.04. The molecule has 0 fully saturated rings. The van der Waals surface area contributed by atoms with Gasteiger partial charge in [-0.15, -0.1) is 0 Å². The second kappa shape index (κ2) is 11.4. The van der Waals surface area contributed by atoms with Gasteiger partial charge in [0.25, 0.3) is 0 Å². The Kier molecular flexibility index (Phi) is 9.21. The van der Waals surface area contributed by atoms with E-state index in [2.05, 4.69) is 21.2 Å². The molecule has 0 saturated heterocycles. The van der Waals surface area contributed by atoms with Gasteiger partial charge in [-0.3, -0.25) is 13.9 Å². The van der Waals surface area contributed by atoms with Crippen LogP contribution in [0.15, 0.2) is 53.0 Å². The normalized spacial score (nSPS) is 12.2. The number of carbonyl (C=O) groups excluding carboxylic acids is 2. The van der Waals surface area contributed by atoms with Crippen molar-refractivity contribution in [3.8, 4) is 0 Å². The average Bonchev–Trinajstić information content (AvgIpc) is 2.74. The van der Waals surface area contributed by atoms with Crippen LogP contribution in [0.25, 0.3) is 0 Å². The van der Waals surface area contributed by atoms with Crippen molar-refractivity contribution in [1.29, 1.82) is 0 Å². The molecule has 2 aromatic rings. The van der Waals surface area contributed by atoms with E-state index in [-0.39, 0.29) is 17.8 Å². The van der Waals surface area contributed by atoms with E-state index in [1.54, 1.807) is 30.3 Å². The number of carbonyl (C=O) groups is 2. The Balaban J connectivity index is 2.40. The van der Waals surface area contributed by atoms with Gasteiger partial charge in [-0.25, -0.2) is 12.8 Å². The van der Waals surface area contributed by atoms with Gasteiger partial charge in [0.15, 0.2) is 0 Å². The summed E-state index contributed by atoms with van der Waals surface area (Å²) in [6, 6.07) is 11.6. The highest BCUT2D eigenvalue weighted by Gasteiger charge is 2.31. The molecule has 0 radical (unpaired) electrons. The lowest BCUT2D eigenvalue weighted by Gasteiger charge is -2.31. The smallest absolute Gasteiger partial charge is 0.244 e. The van der Waals surface area contributed by atoms with Crippen molar-refractivity contribution in [1.82, 2.24) is 10.2 Å². The number of anilines is 1. The summed E-state index contributed by atoms with van der Waals surface area (Å²) in [4.78, 5) is 27.1. The Morgan fingerprint density at radius 1 is 1.12 bits per heavy atom. The van der Waals surface area contributed by atoms with Gasteiger partial charge >= 0.3 is 0 Å². The topological polar surface area (TPSA) is 86.8 Å². The average molecular weight is 528 g/mol. The molecule has 2 rings (SSSR count). The van der Waals surface area contributed by atoms with E-state index in [1.165, 1.54) is 30.0 Å². The summed E-state index contributed by atoms with van der Waals surface area (Å²) in [5, 5.41) is 2.73. The number of rotatable bonds is 10. The van der Waals surface area contributed by atoms with Crippen molar-refractivity contribution in [3.05, 3.63) is 64.4 Å².